The molecular formula is C13H15N2O7P. The number of phosphoric ester groups is 1. The zero-order valence-corrected chi connectivity index (χ0v) is 13.3. The number of nitrogens with zero attached hydrogens (tertiary/aromatic N) is 2. The van der Waals surface area contributed by atoms with Crippen LogP contribution in [0.15, 0.2) is 23.0 Å². The van der Waals surface area contributed by atoms with Crippen molar-refractivity contribution in [2.45, 2.75) is 27.0 Å². The molecule has 23 heavy (non-hydrogen) atoms. The van der Waals surface area contributed by atoms with Crippen molar-refractivity contribution in [3.05, 3.63) is 34.9 Å². The molecular weight excluding hydrogens is 327 g/mol. The monoisotopic (exact) mass is 342 g/mol. The fourth-order valence-corrected chi connectivity index (χ4v) is 2.20. The summed E-state index contributed by atoms with van der Waals surface area (Å²) in [4.78, 5) is 37.0. The highest BCUT2D eigenvalue weighted by atomic mass is 31.2. The van der Waals surface area contributed by atoms with Crippen LogP contribution in [0, 0.1) is 6.92 Å². The van der Waals surface area contributed by atoms with Gasteiger partial charge in [0.25, 0.3) is 0 Å². The van der Waals surface area contributed by atoms with Gasteiger partial charge in [-0.05, 0) is 13.8 Å². The van der Waals surface area contributed by atoms with E-state index in [2.05, 4.69) is 14.5 Å². The van der Waals surface area contributed by atoms with E-state index in [9.17, 15) is 14.5 Å². The van der Waals surface area contributed by atoms with Gasteiger partial charge in [0.1, 0.15) is 17.2 Å². The molecule has 0 fully saturated rings. The van der Waals surface area contributed by atoms with Crippen molar-refractivity contribution in [3.8, 4) is 5.75 Å². The highest BCUT2D eigenvalue weighted by molar-refractivity contribution is 7.46. The lowest BCUT2D eigenvalue weighted by atomic mass is 10.1. The van der Waals surface area contributed by atoms with Crippen molar-refractivity contribution < 1.29 is 33.5 Å². The molecule has 1 aromatic heterocycles. The standard InChI is InChI=1S/C13H15N2O7P/c1-7-3-11(13(17)22-7)15-5-10-9(6-21-23(18,19)20)4-14-8(2)12(10)16/h3-4,16H,5-6H2,1-2H3,(H2,18,19,20). The Labute approximate surface area is 131 Å². The number of carbonyl (C=O) groups excluding carboxylic acids is 1. The molecule has 0 saturated heterocycles. The number of phosphoric acid groups is 1. The van der Waals surface area contributed by atoms with Crippen molar-refractivity contribution in [3.63, 3.8) is 0 Å². The van der Waals surface area contributed by atoms with Crippen molar-refractivity contribution in [2.24, 2.45) is 4.99 Å². The van der Waals surface area contributed by atoms with E-state index in [1.807, 2.05) is 0 Å². The minimum atomic E-state index is -4.66. The third-order valence-electron chi connectivity index (χ3n) is 3.03. The Morgan fingerprint density at radius 3 is 2.65 bits per heavy atom. The van der Waals surface area contributed by atoms with Gasteiger partial charge in [0, 0.05) is 23.4 Å². The molecule has 0 amide bonds. The molecule has 0 unspecified atom stereocenters. The first-order valence-electron chi connectivity index (χ1n) is 6.48. The van der Waals surface area contributed by atoms with Crippen LogP contribution < -0.4 is 0 Å². The largest absolute Gasteiger partial charge is 0.506 e. The van der Waals surface area contributed by atoms with E-state index in [0.717, 1.165) is 0 Å². The molecule has 2 heterocycles. The third kappa shape index (κ3) is 4.46. The molecule has 1 aromatic rings. The van der Waals surface area contributed by atoms with E-state index in [-0.39, 0.29) is 29.1 Å². The number of rotatable bonds is 5. The summed E-state index contributed by atoms with van der Waals surface area (Å²) in [6.45, 7) is 2.62. The van der Waals surface area contributed by atoms with Crippen LogP contribution in [0.1, 0.15) is 23.7 Å². The number of aromatic hydroxyl groups is 1. The van der Waals surface area contributed by atoms with Crippen LogP contribution in [0.4, 0.5) is 0 Å². The molecule has 2 rings (SSSR count). The molecule has 0 bridgehead atoms. The molecule has 0 spiro atoms. The minimum Gasteiger partial charge on any atom is -0.506 e. The molecule has 1 aliphatic rings. The van der Waals surface area contributed by atoms with Crippen molar-refractivity contribution >= 4 is 19.5 Å². The Bertz CT molecular complexity index is 751. The van der Waals surface area contributed by atoms with E-state index < -0.39 is 20.4 Å². The topological polar surface area (TPSA) is 139 Å². The van der Waals surface area contributed by atoms with Gasteiger partial charge >= 0.3 is 13.8 Å². The number of aromatic nitrogens is 1. The summed E-state index contributed by atoms with van der Waals surface area (Å²) in [5.74, 6) is -0.358. The molecule has 9 nitrogen and oxygen atoms in total. The fourth-order valence-electron chi connectivity index (χ4n) is 1.89. The lowest BCUT2D eigenvalue weighted by Gasteiger charge is -2.12. The maximum Gasteiger partial charge on any atom is 0.469 e. The number of hydrogen-bond donors (Lipinski definition) is 3. The number of ether oxygens (including phenoxy) is 1. The van der Waals surface area contributed by atoms with Gasteiger partial charge in [-0.3, -0.25) is 14.5 Å². The van der Waals surface area contributed by atoms with Gasteiger partial charge in [0.15, 0.2) is 0 Å². The van der Waals surface area contributed by atoms with Gasteiger partial charge in [-0.25, -0.2) is 9.36 Å². The molecule has 0 radical (unpaired) electrons. The van der Waals surface area contributed by atoms with Gasteiger partial charge in [-0.1, -0.05) is 0 Å². The molecule has 124 valence electrons. The zero-order chi connectivity index (χ0) is 17.2. The first kappa shape index (κ1) is 17.3. The molecule has 0 aliphatic carbocycles. The van der Waals surface area contributed by atoms with Crippen LogP contribution >= 0.6 is 7.82 Å². The predicted molar refractivity (Wildman–Crippen MR) is 78.5 cm³/mol. The zero-order valence-electron chi connectivity index (χ0n) is 12.4. The van der Waals surface area contributed by atoms with E-state index in [0.29, 0.717) is 11.5 Å². The van der Waals surface area contributed by atoms with Crippen LogP contribution in [0.5, 0.6) is 5.75 Å². The maximum absolute atomic E-state index is 11.5. The summed E-state index contributed by atoms with van der Waals surface area (Å²) in [6.07, 6.45) is 2.79. The average Bonchev–Trinajstić information content (AvgIpc) is 2.76. The molecule has 3 N–H and O–H groups in total. The van der Waals surface area contributed by atoms with E-state index in [1.165, 1.54) is 12.3 Å². The Balaban J connectivity index is 2.29. The summed E-state index contributed by atoms with van der Waals surface area (Å²) >= 11 is 0. The lowest BCUT2D eigenvalue weighted by molar-refractivity contribution is -0.130. The lowest BCUT2D eigenvalue weighted by Crippen LogP contribution is -2.08. The van der Waals surface area contributed by atoms with Gasteiger partial charge in [0.2, 0.25) is 0 Å². The van der Waals surface area contributed by atoms with Crippen LogP contribution in [0.3, 0.4) is 0 Å². The highest BCUT2D eigenvalue weighted by Crippen LogP contribution is 2.38. The van der Waals surface area contributed by atoms with Gasteiger partial charge in [-0.2, -0.15) is 0 Å². The summed E-state index contributed by atoms with van der Waals surface area (Å²) in [5, 5.41) is 10.1. The van der Waals surface area contributed by atoms with Crippen molar-refractivity contribution in [2.75, 3.05) is 0 Å². The number of carbonyl (C=O) groups is 1. The Kier molecular flexibility index (Phi) is 4.96. The summed E-state index contributed by atoms with van der Waals surface area (Å²) < 4.78 is 20.1. The first-order chi connectivity index (χ1) is 10.7. The Morgan fingerprint density at radius 1 is 1.39 bits per heavy atom. The molecule has 10 heteroatoms. The second kappa shape index (κ2) is 6.59. The number of cyclic esters (lactones) is 1. The second-order valence-corrected chi connectivity index (χ2v) is 6.05. The average molecular weight is 342 g/mol. The summed E-state index contributed by atoms with van der Waals surface area (Å²) in [7, 11) is -4.66. The van der Waals surface area contributed by atoms with Crippen LogP contribution in [0.2, 0.25) is 0 Å². The van der Waals surface area contributed by atoms with Crippen LogP contribution in [0.25, 0.3) is 0 Å². The summed E-state index contributed by atoms with van der Waals surface area (Å²) in [6, 6.07) is 0. The Morgan fingerprint density at radius 2 is 2.09 bits per heavy atom. The minimum absolute atomic E-state index is 0.0940. The quantitative estimate of drug-likeness (QED) is 0.534. The first-order valence-corrected chi connectivity index (χ1v) is 8.01. The van der Waals surface area contributed by atoms with Gasteiger partial charge in [0.05, 0.1) is 18.8 Å². The number of allylic oxidation sites excluding steroid dienone is 1. The van der Waals surface area contributed by atoms with E-state index >= 15 is 0 Å². The summed E-state index contributed by atoms with van der Waals surface area (Å²) in [5.41, 5.74) is 0.941. The SMILES string of the molecule is CC1=CC(=NCc2c(COP(=O)(O)O)cnc(C)c2O)C(=O)O1. The predicted octanol–water partition coefficient (Wildman–Crippen LogP) is 1.11. The smallest absolute Gasteiger partial charge is 0.469 e. The second-order valence-electron chi connectivity index (χ2n) is 4.81. The number of hydrogen-bond acceptors (Lipinski definition) is 7. The normalized spacial score (nSPS) is 16.6. The van der Waals surface area contributed by atoms with Crippen LogP contribution in [-0.4, -0.2) is 31.6 Å². The number of aryl methyl sites for hydroxylation is 1. The van der Waals surface area contributed by atoms with Gasteiger partial charge in [-0.15, -0.1) is 0 Å². The molecule has 0 aromatic carbocycles. The number of esters is 1. The van der Waals surface area contributed by atoms with Crippen molar-refractivity contribution in [1.82, 2.24) is 4.98 Å². The fraction of sp³-hybridized carbons (Fsp3) is 0.308. The van der Waals surface area contributed by atoms with Crippen molar-refractivity contribution in [1.29, 1.82) is 0 Å². The molecule has 1 aliphatic heterocycles. The van der Waals surface area contributed by atoms with E-state index in [4.69, 9.17) is 14.5 Å². The number of pyridine rings is 1. The molecule has 0 saturated carbocycles. The highest BCUT2D eigenvalue weighted by Gasteiger charge is 2.21. The van der Waals surface area contributed by atoms with Crippen LogP contribution in [-0.2, 0) is 31.8 Å². The maximum atomic E-state index is 11.5. The number of aliphatic imine (C=N–C) groups is 1. The van der Waals surface area contributed by atoms with Gasteiger partial charge < -0.3 is 19.6 Å². The van der Waals surface area contributed by atoms with E-state index in [1.54, 1.807) is 13.8 Å². The Hall–Kier alpha value is -2.06. The third-order valence-corrected chi connectivity index (χ3v) is 3.49. The molecule has 0 atom stereocenters.